The number of hydrogen-bond acceptors (Lipinski definition) is 5. The molecule has 1 atom stereocenters. The number of nitrogens with one attached hydrogen (secondary N) is 2. The summed E-state index contributed by atoms with van der Waals surface area (Å²) < 4.78 is 30.1. The van der Waals surface area contributed by atoms with Crippen LogP contribution >= 0.6 is 11.6 Å². The number of carbonyl (C=O) groups is 2. The number of alkyl halides is 2. The van der Waals surface area contributed by atoms with Crippen molar-refractivity contribution in [1.29, 1.82) is 0 Å². The number of nitrogens with zero attached hydrogens (tertiary/aromatic N) is 4. The summed E-state index contributed by atoms with van der Waals surface area (Å²) in [5, 5.41) is 9.24. The number of halogens is 3. The molecule has 2 saturated heterocycles. The summed E-state index contributed by atoms with van der Waals surface area (Å²) in [6.07, 6.45) is 1.37. The minimum Gasteiger partial charge on any atom is -0.362 e. The molecule has 0 aromatic carbocycles. The third-order valence-corrected chi connectivity index (χ3v) is 5.37. The lowest BCUT2D eigenvalue weighted by atomic mass is 9.89. The number of hydrogen-bond donors (Lipinski definition) is 2. The Kier molecular flexibility index (Phi) is 3.81. The zero-order chi connectivity index (χ0) is 19.6. The second kappa shape index (κ2) is 5.75. The Labute approximate surface area is 157 Å². The summed E-state index contributed by atoms with van der Waals surface area (Å²) in [6, 6.07) is 0.983. The van der Waals surface area contributed by atoms with Gasteiger partial charge in [0.1, 0.15) is 0 Å². The number of amides is 3. The van der Waals surface area contributed by atoms with Gasteiger partial charge in [-0.2, -0.15) is 9.61 Å². The van der Waals surface area contributed by atoms with Crippen LogP contribution in [0.2, 0.25) is 5.15 Å². The molecule has 1 unspecified atom stereocenters. The van der Waals surface area contributed by atoms with Crippen LogP contribution in [0.25, 0.3) is 5.65 Å². The maximum absolute atomic E-state index is 14.4. The number of rotatable bonds is 2. The van der Waals surface area contributed by atoms with Crippen LogP contribution in [0.1, 0.15) is 25.5 Å². The minimum absolute atomic E-state index is 0.0522. The molecule has 0 saturated carbocycles. The molecule has 2 aliphatic rings. The fraction of sp³-hybridized carbons (Fsp3) is 0.500. The van der Waals surface area contributed by atoms with E-state index < -0.39 is 35.7 Å². The highest BCUT2D eigenvalue weighted by Gasteiger charge is 2.54. The van der Waals surface area contributed by atoms with Crippen LogP contribution in [0.5, 0.6) is 0 Å². The van der Waals surface area contributed by atoms with Crippen molar-refractivity contribution < 1.29 is 18.4 Å². The zero-order valence-electron chi connectivity index (χ0n) is 14.6. The predicted molar refractivity (Wildman–Crippen MR) is 93.2 cm³/mol. The van der Waals surface area contributed by atoms with Crippen molar-refractivity contribution in [2.75, 3.05) is 24.5 Å². The smallest absolute Gasteiger partial charge is 0.321 e. The lowest BCUT2D eigenvalue weighted by Crippen LogP contribution is -2.51. The molecule has 0 radical (unpaired) electrons. The molecule has 0 spiro atoms. The monoisotopic (exact) mass is 398 g/mol. The van der Waals surface area contributed by atoms with E-state index >= 15 is 0 Å². The molecule has 4 rings (SSSR count). The lowest BCUT2D eigenvalue weighted by Gasteiger charge is -2.25. The van der Waals surface area contributed by atoms with Gasteiger partial charge in [0.15, 0.2) is 10.8 Å². The van der Waals surface area contributed by atoms with Gasteiger partial charge in [-0.1, -0.05) is 25.4 Å². The van der Waals surface area contributed by atoms with Crippen molar-refractivity contribution in [2.24, 2.45) is 5.41 Å². The molecule has 144 valence electrons. The lowest BCUT2D eigenvalue weighted by molar-refractivity contribution is -0.122. The Balaban J connectivity index is 1.81. The number of fused-ring (bicyclic) bond motifs is 1. The highest BCUT2D eigenvalue weighted by atomic mass is 35.5. The van der Waals surface area contributed by atoms with Gasteiger partial charge in [-0.25, -0.2) is 18.6 Å². The fourth-order valence-corrected chi connectivity index (χ4v) is 3.56. The third kappa shape index (κ3) is 2.78. The van der Waals surface area contributed by atoms with Crippen LogP contribution in [0.15, 0.2) is 12.3 Å². The molecular weight excluding hydrogens is 382 g/mol. The second-order valence-electron chi connectivity index (χ2n) is 7.47. The fourth-order valence-electron chi connectivity index (χ4n) is 3.39. The molecule has 0 aliphatic carbocycles. The molecule has 27 heavy (non-hydrogen) atoms. The normalized spacial score (nSPS) is 24.2. The van der Waals surface area contributed by atoms with Gasteiger partial charge in [0.2, 0.25) is 5.91 Å². The molecule has 2 aliphatic heterocycles. The zero-order valence-corrected chi connectivity index (χ0v) is 15.3. The summed E-state index contributed by atoms with van der Waals surface area (Å²) in [4.78, 5) is 29.2. The minimum atomic E-state index is -2.89. The third-order valence-electron chi connectivity index (χ3n) is 5.11. The van der Waals surface area contributed by atoms with E-state index in [2.05, 4.69) is 20.7 Å². The summed E-state index contributed by atoms with van der Waals surface area (Å²) in [5.41, 5.74) is -0.165. The molecule has 2 aromatic heterocycles. The van der Waals surface area contributed by atoms with Crippen LogP contribution < -0.4 is 15.5 Å². The highest BCUT2D eigenvalue weighted by Crippen LogP contribution is 2.45. The summed E-state index contributed by atoms with van der Waals surface area (Å²) in [7, 11) is 0. The van der Waals surface area contributed by atoms with Crippen LogP contribution in [-0.2, 0) is 4.79 Å². The van der Waals surface area contributed by atoms with Gasteiger partial charge < -0.3 is 10.2 Å². The van der Waals surface area contributed by atoms with Crippen molar-refractivity contribution in [3.63, 3.8) is 0 Å². The van der Waals surface area contributed by atoms with Gasteiger partial charge in [0.25, 0.3) is 5.92 Å². The largest absolute Gasteiger partial charge is 0.362 e. The van der Waals surface area contributed by atoms with E-state index in [1.807, 2.05) is 0 Å². The Morgan fingerprint density at radius 1 is 1.30 bits per heavy atom. The van der Waals surface area contributed by atoms with Gasteiger partial charge in [0, 0.05) is 18.5 Å². The van der Waals surface area contributed by atoms with Gasteiger partial charge in [-0.3, -0.25) is 10.1 Å². The van der Waals surface area contributed by atoms with E-state index in [1.165, 1.54) is 29.5 Å². The van der Waals surface area contributed by atoms with Gasteiger partial charge in [-0.15, -0.1) is 0 Å². The second-order valence-corrected chi connectivity index (χ2v) is 7.85. The van der Waals surface area contributed by atoms with E-state index in [9.17, 15) is 18.4 Å². The number of aromatic nitrogens is 3. The summed E-state index contributed by atoms with van der Waals surface area (Å²) >= 11 is 6.13. The predicted octanol–water partition coefficient (Wildman–Crippen LogP) is 1.79. The summed E-state index contributed by atoms with van der Waals surface area (Å²) in [5.74, 6) is -4.17. The SMILES string of the molecule is CC1(C)CN(c2cc(C3CNC(=O)NC3=O)nn3c(Cl)cnc23)CC1(F)F. The highest BCUT2D eigenvalue weighted by molar-refractivity contribution is 6.29. The summed E-state index contributed by atoms with van der Waals surface area (Å²) in [6.45, 7) is 2.70. The van der Waals surface area contributed by atoms with Crippen molar-refractivity contribution >= 4 is 34.9 Å². The van der Waals surface area contributed by atoms with E-state index in [1.54, 1.807) is 6.07 Å². The van der Waals surface area contributed by atoms with E-state index in [0.717, 1.165) is 0 Å². The number of urea groups is 1. The average Bonchev–Trinajstić information content (AvgIpc) is 3.04. The van der Waals surface area contributed by atoms with Crippen LogP contribution in [0, 0.1) is 5.41 Å². The molecule has 2 N–H and O–H groups in total. The first-order chi connectivity index (χ1) is 12.6. The van der Waals surface area contributed by atoms with Crippen LogP contribution in [-0.4, -0.2) is 52.1 Å². The molecule has 4 heterocycles. The van der Waals surface area contributed by atoms with E-state index in [0.29, 0.717) is 17.0 Å². The van der Waals surface area contributed by atoms with Gasteiger partial charge >= 0.3 is 6.03 Å². The van der Waals surface area contributed by atoms with Crippen LogP contribution in [0.4, 0.5) is 19.3 Å². The number of anilines is 1. The number of carbonyl (C=O) groups excluding carboxylic acids is 2. The van der Waals surface area contributed by atoms with Gasteiger partial charge in [-0.05, 0) is 6.07 Å². The molecule has 2 fully saturated rings. The molecular formula is C16H17ClF2N6O2. The molecule has 11 heteroatoms. The molecule has 3 amide bonds. The molecule has 0 bridgehead atoms. The van der Waals surface area contributed by atoms with Gasteiger partial charge in [0.05, 0.1) is 30.0 Å². The van der Waals surface area contributed by atoms with Crippen molar-refractivity contribution in [3.05, 3.63) is 23.1 Å². The van der Waals surface area contributed by atoms with E-state index in [4.69, 9.17) is 11.6 Å². The first-order valence-corrected chi connectivity index (χ1v) is 8.72. The maximum atomic E-state index is 14.4. The topological polar surface area (TPSA) is 91.6 Å². The Bertz CT molecular complexity index is 944. The quantitative estimate of drug-likeness (QED) is 0.804. The van der Waals surface area contributed by atoms with E-state index in [-0.39, 0.29) is 18.2 Å². The van der Waals surface area contributed by atoms with Crippen LogP contribution in [0.3, 0.4) is 0 Å². The number of imidazole rings is 1. The average molecular weight is 399 g/mol. The Morgan fingerprint density at radius 2 is 2.04 bits per heavy atom. The molecule has 8 nitrogen and oxygen atoms in total. The van der Waals surface area contributed by atoms with Crippen molar-refractivity contribution in [1.82, 2.24) is 25.2 Å². The maximum Gasteiger partial charge on any atom is 0.321 e. The van der Waals surface area contributed by atoms with Crippen molar-refractivity contribution in [2.45, 2.75) is 25.7 Å². The number of imide groups is 1. The first-order valence-electron chi connectivity index (χ1n) is 8.35. The Morgan fingerprint density at radius 3 is 2.67 bits per heavy atom. The Hall–Kier alpha value is -2.49. The van der Waals surface area contributed by atoms with Crippen molar-refractivity contribution in [3.8, 4) is 0 Å². The first kappa shape index (κ1) is 17.9. The molecule has 2 aromatic rings. The standard InChI is InChI=1S/C16H17ClF2N6O2/c1-15(2)6-24(7-16(15,18)19)10-3-9(8-4-21-14(27)22-13(8)26)23-25-11(17)5-20-12(10)25/h3,5,8H,4,6-7H2,1-2H3,(H2,21,22,26,27).